The van der Waals surface area contributed by atoms with E-state index >= 15 is 0 Å². The van der Waals surface area contributed by atoms with Gasteiger partial charge in [-0.2, -0.15) is 5.10 Å². The average molecular weight is 239 g/mol. The van der Waals surface area contributed by atoms with E-state index in [0.29, 0.717) is 18.5 Å². The Labute approximate surface area is 104 Å². The molecule has 0 aliphatic carbocycles. The highest BCUT2D eigenvalue weighted by Crippen LogP contribution is 2.05. The number of aromatic nitrogens is 2. The van der Waals surface area contributed by atoms with Crippen LogP contribution < -0.4 is 5.32 Å². The van der Waals surface area contributed by atoms with Crippen molar-refractivity contribution >= 4 is 0 Å². The maximum atomic E-state index is 9.70. The summed E-state index contributed by atoms with van der Waals surface area (Å²) in [6.07, 6.45) is 2.57. The van der Waals surface area contributed by atoms with Gasteiger partial charge in [0.25, 0.3) is 0 Å². The standard InChI is InChI=1S/C13H25N3O/c1-10(2)7-13(17)9-14-8-12-5-6-16(15-12)11(3)4/h5-6,10-11,13-14,17H,7-9H2,1-4H3. The highest BCUT2D eigenvalue weighted by molar-refractivity contribution is 4.99. The second-order valence-electron chi connectivity index (χ2n) is 5.30. The van der Waals surface area contributed by atoms with Gasteiger partial charge in [-0.05, 0) is 32.3 Å². The number of hydrogen-bond donors (Lipinski definition) is 2. The van der Waals surface area contributed by atoms with Crippen molar-refractivity contribution in [2.24, 2.45) is 5.92 Å². The van der Waals surface area contributed by atoms with Crippen LogP contribution in [0.2, 0.25) is 0 Å². The first-order valence-corrected chi connectivity index (χ1v) is 6.42. The Morgan fingerprint density at radius 3 is 2.59 bits per heavy atom. The largest absolute Gasteiger partial charge is 0.392 e. The third kappa shape index (κ3) is 5.33. The molecule has 1 aromatic heterocycles. The molecule has 0 amide bonds. The SMILES string of the molecule is CC(C)CC(O)CNCc1ccn(C(C)C)n1. The van der Waals surface area contributed by atoms with E-state index in [1.54, 1.807) is 0 Å². The fourth-order valence-electron chi connectivity index (χ4n) is 1.75. The lowest BCUT2D eigenvalue weighted by molar-refractivity contribution is 0.146. The van der Waals surface area contributed by atoms with Gasteiger partial charge in [0.15, 0.2) is 0 Å². The molecular weight excluding hydrogens is 214 g/mol. The van der Waals surface area contributed by atoms with Crippen molar-refractivity contribution in [3.05, 3.63) is 18.0 Å². The van der Waals surface area contributed by atoms with Crippen LogP contribution in [0, 0.1) is 5.92 Å². The maximum absolute atomic E-state index is 9.70. The second kappa shape index (κ2) is 6.77. The summed E-state index contributed by atoms with van der Waals surface area (Å²) in [7, 11) is 0. The van der Waals surface area contributed by atoms with Gasteiger partial charge in [-0.1, -0.05) is 13.8 Å². The smallest absolute Gasteiger partial charge is 0.0762 e. The Hall–Kier alpha value is -0.870. The van der Waals surface area contributed by atoms with E-state index in [0.717, 1.165) is 18.7 Å². The molecule has 98 valence electrons. The van der Waals surface area contributed by atoms with E-state index in [1.807, 2.05) is 16.9 Å². The van der Waals surface area contributed by atoms with Gasteiger partial charge in [-0.15, -0.1) is 0 Å². The lowest BCUT2D eigenvalue weighted by Crippen LogP contribution is -2.27. The molecule has 17 heavy (non-hydrogen) atoms. The maximum Gasteiger partial charge on any atom is 0.0762 e. The highest BCUT2D eigenvalue weighted by atomic mass is 16.3. The van der Waals surface area contributed by atoms with Crippen molar-refractivity contribution in [2.75, 3.05) is 6.54 Å². The third-order valence-corrected chi connectivity index (χ3v) is 2.62. The predicted molar refractivity (Wildman–Crippen MR) is 69.8 cm³/mol. The Balaban J connectivity index is 2.26. The summed E-state index contributed by atoms with van der Waals surface area (Å²) in [4.78, 5) is 0. The molecule has 0 saturated heterocycles. The van der Waals surface area contributed by atoms with Crippen LogP contribution in [0.15, 0.2) is 12.3 Å². The van der Waals surface area contributed by atoms with Crippen LogP contribution in [0.4, 0.5) is 0 Å². The van der Waals surface area contributed by atoms with Crippen LogP contribution >= 0.6 is 0 Å². The topological polar surface area (TPSA) is 50.1 Å². The molecule has 2 N–H and O–H groups in total. The van der Waals surface area contributed by atoms with Crippen LogP contribution in [0.3, 0.4) is 0 Å². The van der Waals surface area contributed by atoms with Crippen LogP contribution in [-0.2, 0) is 6.54 Å². The van der Waals surface area contributed by atoms with Gasteiger partial charge >= 0.3 is 0 Å². The summed E-state index contributed by atoms with van der Waals surface area (Å²) >= 11 is 0. The van der Waals surface area contributed by atoms with Gasteiger partial charge in [-0.25, -0.2) is 0 Å². The average Bonchev–Trinajstić information content (AvgIpc) is 2.65. The second-order valence-corrected chi connectivity index (χ2v) is 5.30. The Bertz CT molecular complexity index is 320. The summed E-state index contributed by atoms with van der Waals surface area (Å²) < 4.78 is 1.95. The minimum atomic E-state index is -0.262. The van der Waals surface area contributed by atoms with Crippen LogP contribution in [0.5, 0.6) is 0 Å². The quantitative estimate of drug-likeness (QED) is 0.764. The number of nitrogens with zero attached hydrogens (tertiary/aromatic N) is 2. The molecule has 0 fully saturated rings. The molecule has 0 radical (unpaired) electrons. The van der Waals surface area contributed by atoms with Crippen LogP contribution in [0.25, 0.3) is 0 Å². The molecule has 0 aliphatic rings. The molecule has 1 unspecified atom stereocenters. The number of aliphatic hydroxyl groups is 1. The lowest BCUT2D eigenvalue weighted by atomic mass is 10.1. The molecule has 1 aromatic rings. The molecule has 1 atom stereocenters. The van der Waals surface area contributed by atoms with Gasteiger partial charge in [0.05, 0.1) is 11.8 Å². The molecule has 0 spiro atoms. The van der Waals surface area contributed by atoms with Crippen molar-refractivity contribution in [2.45, 2.75) is 52.8 Å². The van der Waals surface area contributed by atoms with Crippen molar-refractivity contribution in [1.82, 2.24) is 15.1 Å². The van der Waals surface area contributed by atoms with Gasteiger partial charge < -0.3 is 10.4 Å². The minimum absolute atomic E-state index is 0.262. The fraction of sp³-hybridized carbons (Fsp3) is 0.769. The zero-order valence-corrected chi connectivity index (χ0v) is 11.3. The number of rotatable bonds is 7. The molecule has 4 nitrogen and oxygen atoms in total. The fourth-order valence-corrected chi connectivity index (χ4v) is 1.75. The van der Waals surface area contributed by atoms with Crippen molar-refractivity contribution in [3.8, 4) is 0 Å². The summed E-state index contributed by atoms with van der Waals surface area (Å²) in [5.74, 6) is 0.534. The van der Waals surface area contributed by atoms with E-state index in [4.69, 9.17) is 0 Å². The van der Waals surface area contributed by atoms with E-state index in [9.17, 15) is 5.11 Å². The van der Waals surface area contributed by atoms with Crippen molar-refractivity contribution in [3.63, 3.8) is 0 Å². The normalized spacial score (nSPS) is 13.6. The number of hydrogen-bond acceptors (Lipinski definition) is 3. The Kier molecular flexibility index (Phi) is 5.65. The first kappa shape index (κ1) is 14.2. The van der Waals surface area contributed by atoms with E-state index in [2.05, 4.69) is 38.1 Å². The number of aliphatic hydroxyl groups excluding tert-OH is 1. The minimum Gasteiger partial charge on any atom is -0.392 e. The van der Waals surface area contributed by atoms with Gasteiger partial charge in [0, 0.05) is 25.3 Å². The number of nitrogens with one attached hydrogen (secondary N) is 1. The predicted octanol–water partition coefficient (Wildman–Crippen LogP) is 1.96. The van der Waals surface area contributed by atoms with Gasteiger partial charge in [0.2, 0.25) is 0 Å². The molecule has 1 heterocycles. The van der Waals surface area contributed by atoms with E-state index in [1.165, 1.54) is 0 Å². The molecule has 1 rings (SSSR count). The third-order valence-electron chi connectivity index (χ3n) is 2.62. The first-order valence-electron chi connectivity index (χ1n) is 6.42. The molecule has 0 saturated carbocycles. The van der Waals surface area contributed by atoms with Crippen LogP contribution in [0.1, 0.15) is 45.9 Å². The summed E-state index contributed by atoms with van der Waals surface area (Å²) in [5, 5.41) is 17.4. The molecule has 4 heteroatoms. The molecule has 0 aromatic carbocycles. The van der Waals surface area contributed by atoms with Crippen molar-refractivity contribution < 1.29 is 5.11 Å². The molecular formula is C13H25N3O. The zero-order chi connectivity index (χ0) is 12.8. The zero-order valence-electron chi connectivity index (χ0n) is 11.3. The Morgan fingerprint density at radius 1 is 1.35 bits per heavy atom. The van der Waals surface area contributed by atoms with E-state index < -0.39 is 0 Å². The van der Waals surface area contributed by atoms with Crippen LogP contribution in [-0.4, -0.2) is 27.5 Å². The van der Waals surface area contributed by atoms with Gasteiger partial charge in [-0.3, -0.25) is 4.68 Å². The lowest BCUT2D eigenvalue weighted by Gasteiger charge is -2.13. The summed E-state index contributed by atoms with van der Waals surface area (Å²) in [5.41, 5.74) is 1.02. The Morgan fingerprint density at radius 2 is 2.06 bits per heavy atom. The van der Waals surface area contributed by atoms with Crippen molar-refractivity contribution in [1.29, 1.82) is 0 Å². The highest BCUT2D eigenvalue weighted by Gasteiger charge is 2.07. The van der Waals surface area contributed by atoms with Gasteiger partial charge in [0.1, 0.15) is 0 Å². The summed E-state index contributed by atoms with van der Waals surface area (Å²) in [6, 6.07) is 2.41. The summed E-state index contributed by atoms with van der Waals surface area (Å²) in [6.45, 7) is 9.80. The monoisotopic (exact) mass is 239 g/mol. The molecule has 0 aliphatic heterocycles. The first-order chi connectivity index (χ1) is 7.99. The van der Waals surface area contributed by atoms with E-state index in [-0.39, 0.29) is 6.10 Å². The molecule has 0 bridgehead atoms.